The fourth-order valence-corrected chi connectivity index (χ4v) is 3.42. The molecule has 0 fully saturated rings. The fourth-order valence-electron chi connectivity index (χ4n) is 3.42. The Morgan fingerprint density at radius 1 is 1.11 bits per heavy atom. The van der Waals surface area contributed by atoms with E-state index < -0.39 is 5.82 Å². The fraction of sp³-hybridized carbons (Fsp3) is 0.227. The molecule has 0 bridgehead atoms. The lowest BCUT2D eigenvalue weighted by atomic mass is 9.99. The number of aromatic hydroxyl groups is 1. The zero-order chi connectivity index (χ0) is 19.8. The Morgan fingerprint density at radius 2 is 1.82 bits per heavy atom. The molecule has 4 rings (SSSR count). The molecule has 28 heavy (non-hydrogen) atoms. The number of amides is 1. The third-order valence-corrected chi connectivity index (χ3v) is 5.11. The second-order valence-electron chi connectivity index (χ2n) is 6.99. The van der Waals surface area contributed by atoms with E-state index in [2.05, 4.69) is 9.97 Å². The van der Waals surface area contributed by atoms with Gasteiger partial charge in [-0.2, -0.15) is 0 Å². The van der Waals surface area contributed by atoms with Gasteiger partial charge in [0.15, 0.2) is 0 Å². The molecule has 1 N–H and O–H groups in total. The van der Waals surface area contributed by atoms with Gasteiger partial charge in [-0.3, -0.25) is 4.79 Å². The average Bonchev–Trinajstić information content (AvgIpc) is 2.69. The lowest BCUT2D eigenvalue weighted by Gasteiger charge is -2.27. The molecule has 0 unspecified atom stereocenters. The van der Waals surface area contributed by atoms with Crippen LogP contribution in [0.5, 0.6) is 5.75 Å². The van der Waals surface area contributed by atoms with Crippen LogP contribution < -0.4 is 0 Å². The number of benzene rings is 2. The van der Waals surface area contributed by atoms with Crippen LogP contribution in [0.3, 0.4) is 0 Å². The molecule has 3 aromatic rings. The number of phenols is 1. The molecule has 0 atom stereocenters. The van der Waals surface area contributed by atoms with Crippen LogP contribution in [0.1, 0.15) is 33.7 Å². The molecule has 2 heterocycles. The van der Waals surface area contributed by atoms with Gasteiger partial charge in [-0.25, -0.2) is 14.4 Å². The first-order valence-corrected chi connectivity index (χ1v) is 9.14. The summed E-state index contributed by atoms with van der Waals surface area (Å²) in [6, 6.07) is 9.57. The summed E-state index contributed by atoms with van der Waals surface area (Å²) in [5, 5.41) is 9.43. The van der Waals surface area contributed by atoms with Crippen molar-refractivity contribution in [1.29, 1.82) is 0 Å². The van der Waals surface area contributed by atoms with Crippen molar-refractivity contribution in [3.63, 3.8) is 0 Å². The first-order valence-electron chi connectivity index (χ1n) is 9.14. The minimum atomic E-state index is -0.495. The zero-order valence-electron chi connectivity index (χ0n) is 15.7. The molecule has 6 heteroatoms. The van der Waals surface area contributed by atoms with Crippen LogP contribution in [-0.4, -0.2) is 39.0 Å². The van der Waals surface area contributed by atoms with E-state index in [0.717, 1.165) is 22.5 Å². The Kier molecular flexibility index (Phi) is 4.55. The number of aromatic nitrogens is 2. The van der Waals surface area contributed by atoms with Crippen LogP contribution >= 0.6 is 0 Å². The zero-order valence-corrected chi connectivity index (χ0v) is 15.7. The van der Waals surface area contributed by atoms with Crippen molar-refractivity contribution in [1.82, 2.24) is 14.9 Å². The maximum absolute atomic E-state index is 14.1. The molecule has 0 saturated carbocycles. The molecule has 1 aromatic heterocycles. The molecule has 0 aliphatic carbocycles. The van der Waals surface area contributed by atoms with Crippen LogP contribution in [0.15, 0.2) is 42.5 Å². The number of rotatable bonds is 2. The normalized spacial score (nSPS) is 14.2. The summed E-state index contributed by atoms with van der Waals surface area (Å²) >= 11 is 0. The van der Waals surface area contributed by atoms with Gasteiger partial charge in [0.2, 0.25) is 0 Å². The summed E-state index contributed by atoms with van der Waals surface area (Å²) in [6.45, 7) is 4.61. The van der Waals surface area contributed by atoms with Crippen LogP contribution in [0.2, 0.25) is 0 Å². The molecule has 1 aliphatic heterocycles. The topological polar surface area (TPSA) is 66.3 Å². The Labute approximate surface area is 162 Å². The van der Waals surface area contributed by atoms with E-state index >= 15 is 0 Å². The standard InChI is InChI=1S/C22H20FN3O2/c1-13-14(2)25-21-19(11-17(23)12-20(21)24-13)22(28)26-9-7-16(8-10-26)15-3-5-18(27)6-4-15/h3-7,11-12,27H,8-10H2,1-2H3. The Hall–Kier alpha value is -3.28. The number of fused-ring (bicyclic) bond motifs is 1. The molecular weight excluding hydrogens is 357 g/mol. The first kappa shape index (κ1) is 18.1. The number of phenolic OH excluding ortho intramolecular Hbond substituents is 1. The molecule has 0 saturated heterocycles. The van der Waals surface area contributed by atoms with Gasteiger partial charge in [-0.05, 0) is 49.6 Å². The minimum Gasteiger partial charge on any atom is -0.508 e. The highest BCUT2D eigenvalue weighted by Crippen LogP contribution is 2.26. The molecule has 0 radical (unpaired) electrons. The largest absolute Gasteiger partial charge is 0.508 e. The number of nitrogens with zero attached hydrogens (tertiary/aromatic N) is 3. The quantitative estimate of drug-likeness (QED) is 0.732. The number of hydrogen-bond acceptors (Lipinski definition) is 4. The van der Waals surface area contributed by atoms with Crippen LogP contribution in [0.4, 0.5) is 4.39 Å². The van der Waals surface area contributed by atoms with Gasteiger partial charge in [0.1, 0.15) is 17.1 Å². The lowest BCUT2D eigenvalue weighted by molar-refractivity contribution is 0.0774. The van der Waals surface area contributed by atoms with E-state index in [1.807, 2.05) is 32.1 Å². The van der Waals surface area contributed by atoms with Gasteiger partial charge in [0.25, 0.3) is 5.91 Å². The van der Waals surface area contributed by atoms with Crippen LogP contribution in [0, 0.1) is 19.7 Å². The molecule has 1 amide bonds. The molecule has 142 valence electrons. The highest BCUT2D eigenvalue weighted by atomic mass is 19.1. The van der Waals surface area contributed by atoms with Gasteiger partial charge in [-0.15, -0.1) is 0 Å². The number of carbonyl (C=O) groups is 1. The summed E-state index contributed by atoms with van der Waals surface area (Å²) < 4.78 is 14.1. The maximum Gasteiger partial charge on any atom is 0.256 e. The van der Waals surface area contributed by atoms with Crippen molar-refractivity contribution < 1.29 is 14.3 Å². The monoisotopic (exact) mass is 377 g/mol. The maximum atomic E-state index is 14.1. The summed E-state index contributed by atoms with van der Waals surface area (Å²) in [4.78, 5) is 23.6. The summed E-state index contributed by atoms with van der Waals surface area (Å²) in [6.07, 6.45) is 2.68. The number of hydrogen-bond donors (Lipinski definition) is 1. The third-order valence-electron chi connectivity index (χ3n) is 5.11. The summed E-state index contributed by atoms with van der Waals surface area (Å²) in [5.41, 5.74) is 4.66. The van der Waals surface area contributed by atoms with E-state index in [-0.39, 0.29) is 17.2 Å². The van der Waals surface area contributed by atoms with Gasteiger partial charge >= 0.3 is 0 Å². The van der Waals surface area contributed by atoms with Gasteiger partial charge in [0.05, 0.1) is 22.5 Å². The van der Waals surface area contributed by atoms with Crippen molar-refractivity contribution in [3.8, 4) is 5.75 Å². The van der Waals surface area contributed by atoms with E-state index in [1.54, 1.807) is 17.0 Å². The second-order valence-corrected chi connectivity index (χ2v) is 6.99. The van der Waals surface area contributed by atoms with Crippen LogP contribution in [-0.2, 0) is 0 Å². The molecular formula is C22H20FN3O2. The van der Waals surface area contributed by atoms with Crippen molar-refractivity contribution in [2.45, 2.75) is 20.3 Å². The number of aryl methyl sites for hydroxylation is 2. The lowest BCUT2D eigenvalue weighted by Crippen LogP contribution is -2.35. The van der Waals surface area contributed by atoms with Gasteiger partial charge in [0, 0.05) is 19.2 Å². The second kappa shape index (κ2) is 7.03. The SMILES string of the molecule is Cc1nc2cc(F)cc(C(=O)N3CC=C(c4ccc(O)cc4)CC3)c2nc1C. The first-order chi connectivity index (χ1) is 13.4. The predicted molar refractivity (Wildman–Crippen MR) is 106 cm³/mol. The van der Waals surface area contributed by atoms with Gasteiger partial charge < -0.3 is 10.0 Å². The highest BCUT2D eigenvalue weighted by molar-refractivity contribution is 6.05. The third kappa shape index (κ3) is 3.33. The van der Waals surface area contributed by atoms with Crippen molar-refractivity contribution in [2.24, 2.45) is 0 Å². The smallest absolute Gasteiger partial charge is 0.256 e. The summed E-state index contributed by atoms with van der Waals surface area (Å²) in [5.74, 6) is -0.518. The average molecular weight is 377 g/mol. The number of halogens is 1. The van der Waals surface area contributed by atoms with E-state index in [4.69, 9.17) is 0 Å². The molecule has 0 spiro atoms. The molecule has 2 aromatic carbocycles. The molecule has 5 nitrogen and oxygen atoms in total. The predicted octanol–water partition coefficient (Wildman–Crippen LogP) is 4.02. The van der Waals surface area contributed by atoms with Gasteiger partial charge in [-0.1, -0.05) is 18.2 Å². The summed E-state index contributed by atoms with van der Waals surface area (Å²) in [7, 11) is 0. The van der Waals surface area contributed by atoms with Crippen molar-refractivity contribution >= 4 is 22.5 Å². The Morgan fingerprint density at radius 3 is 2.50 bits per heavy atom. The highest BCUT2D eigenvalue weighted by Gasteiger charge is 2.23. The minimum absolute atomic E-state index is 0.224. The van der Waals surface area contributed by atoms with E-state index in [1.165, 1.54) is 12.1 Å². The van der Waals surface area contributed by atoms with Crippen molar-refractivity contribution in [2.75, 3.05) is 13.1 Å². The molecule has 1 aliphatic rings. The van der Waals surface area contributed by atoms with Crippen molar-refractivity contribution in [3.05, 3.63) is 70.8 Å². The Balaban J connectivity index is 1.64. The number of carbonyl (C=O) groups excluding carboxylic acids is 1. The van der Waals surface area contributed by atoms with Crippen LogP contribution in [0.25, 0.3) is 16.6 Å². The Bertz CT molecular complexity index is 1110. The van der Waals surface area contributed by atoms with E-state index in [0.29, 0.717) is 30.5 Å². The van der Waals surface area contributed by atoms with E-state index in [9.17, 15) is 14.3 Å².